The number of non-ortho nitro benzene ring substituents is 1. The molecule has 2 N–H and O–H groups in total. The van der Waals surface area contributed by atoms with Gasteiger partial charge in [-0.05, 0) is 37.1 Å². The van der Waals surface area contributed by atoms with Crippen molar-refractivity contribution in [2.75, 3.05) is 0 Å². The summed E-state index contributed by atoms with van der Waals surface area (Å²) in [6.07, 6.45) is -0.394. The van der Waals surface area contributed by atoms with Crippen molar-refractivity contribution in [1.29, 1.82) is 0 Å². The van der Waals surface area contributed by atoms with Gasteiger partial charge in [-0.25, -0.2) is 0 Å². The molecular formula is C18H19N3O5. The summed E-state index contributed by atoms with van der Waals surface area (Å²) in [5, 5.41) is 10.8. The molecule has 2 rings (SSSR count). The fraction of sp³-hybridized carbons (Fsp3) is 0.222. The van der Waals surface area contributed by atoms with Crippen LogP contribution >= 0.6 is 0 Å². The first-order valence-electron chi connectivity index (χ1n) is 7.98. The average molecular weight is 357 g/mol. The molecule has 0 heterocycles. The third kappa shape index (κ3) is 5.04. The number of hydrogen-bond donors (Lipinski definition) is 2. The highest BCUT2D eigenvalue weighted by molar-refractivity contribution is 5.96. The van der Waals surface area contributed by atoms with Gasteiger partial charge in [0.25, 0.3) is 17.5 Å². The Morgan fingerprint density at radius 2 is 1.88 bits per heavy atom. The monoisotopic (exact) mass is 357 g/mol. The lowest BCUT2D eigenvalue weighted by Crippen LogP contribution is -2.47. The second-order valence-electron chi connectivity index (χ2n) is 5.58. The Morgan fingerprint density at radius 3 is 2.54 bits per heavy atom. The van der Waals surface area contributed by atoms with E-state index in [0.29, 0.717) is 12.2 Å². The van der Waals surface area contributed by atoms with Crippen LogP contribution in [0.1, 0.15) is 29.3 Å². The summed E-state index contributed by atoms with van der Waals surface area (Å²) in [7, 11) is 0. The van der Waals surface area contributed by atoms with Crippen molar-refractivity contribution in [2.24, 2.45) is 0 Å². The minimum absolute atomic E-state index is 0.0622. The lowest BCUT2D eigenvalue weighted by molar-refractivity contribution is -0.384. The lowest BCUT2D eigenvalue weighted by Gasteiger charge is -2.17. The number of nitrogens with zero attached hydrogens (tertiary/aromatic N) is 1. The molecule has 1 unspecified atom stereocenters. The maximum Gasteiger partial charge on any atom is 0.279 e. The number of ether oxygens (including phenoxy) is 1. The van der Waals surface area contributed by atoms with Gasteiger partial charge < -0.3 is 4.74 Å². The summed E-state index contributed by atoms with van der Waals surface area (Å²) in [4.78, 5) is 34.4. The number of hydrazine groups is 1. The van der Waals surface area contributed by atoms with E-state index in [1.165, 1.54) is 18.2 Å². The van der Waals surface area contributed by atoms with E-state index in [1.807, 2.05) is 19.1 Å². The van der Waals surface area contributed by atoms with Crippen molar-refractivity contribution < 1.29 is 19.2 Å². The summed E-state index contributed by atoms with van der Waals surface area (Å²) >= 11 is 0. The molecule has 136 valence electrons. The second kappa shape index (κ2) is 8.61. The van der Waals surface area contributed by atoms with Gasteiger partial charge in [-0.2, -0.15) is 0 Å². The van der Waals surface area contributed by atoms with Crippen molar-refractivity contribution in [3.63, 3.8) is 0 Å². The number of nitro benzene ring substituents is 1. The van der Waals surface area contributed by atoms with Crippen LogP contribution in [0.4, 0.5) is 5.69 Å². The van der Waals surface area contributed by atoms with Crippen molar-refractivity contribution in [2.45, 2.75) is 26.4 Å². The summed E-state index contributed by atoms with van der Waals surface area (Å²) in [6.45, 7) is 3.69. The van der Waals surface area contributed by atoms with E-state index in [4.69, 9.17) is 4.74 Å². The highest BCUT2D eigenvalue weighted by Crippen LogP contribution is 2.15. The number of benzene rings is 2. The third-order valence-corrected chi connectivity index (χ3v) is 3.55. The molecule has 0 spiro atoms. The van der Waals surface area contributed by atoms with Crippen molar-refractivity contribution in [1.82, 2.24) is 10.9 Å². The van der Waals surface area contributed by atoms with Crippen molar-refractivity contribution in [3.05, 3.63) is 69.8 Å². The summed E-state index contributed by atoms with van der Waals surface area (Å²) in [5.41, 5.74) is 5.37. The van der Waals surface area contributed by atoms with E-state index in [-0.39, 0.29) is 11.3 Å². The van der Waals surface area contributed by atoms with Gasteiger partial charge >= 0.3 is 0 Å². The normalized spacial score (nSPS) is 11.3. The van der Waals surface area contributed by atoms with Crippen molar-refractivity contribution in [3.8, 4) is 5.75 Å². The fourth-order valence-corrected chi connectivity index (χ4v) is 2.21. The van der Waals surface area contributed by atoms with Crippen LogP contribution in [0.3, 0.4) is 0 Å². The molecule has 2 aromatic carbocycles. The Hall–Kier alpha value is -3.42. The Balaban J connectivity index is 1.96. The first-order valence-corrected chi connectivity index (χ1v) is 7.98. The van der Waals surface area contributed by atoms with E-state index in [2.05, 4.69) is 10.9 Å². The van der Waals surface area contributed by atoms with E-state index in [0.717, 1.165) is 11.6 Å². The van der Waals surface area contributed by atoms with Gasteiger partial charge in [0.05, 0.1) is 4.92 Å². The molecule has 0 saturated carbocycles. The van der Waals surface area contributed by atoms with Gasteiger partial charge in [0.15, 0.2) is 6.10 Å². The van der Waals surface area contributed by atoms with Crippen molar-refractivity contribution >= 4 is 17.5 Å². The highest BCUT2D eigenvalue weighted by Gasteiger charge is 2.19. The van der Waals surface area contributed by atoms with E-state index in [9.17, 15) is 19.7 Å². The van der Waals surface area contributed by atoms with Gasteiger partial charge in [-0.3, -0.25) is 30.6 Å². The first kappa shape index (κ1) is 18.9. The predicted molar refractivity (Wildman–Crippen MR) is 94.6 cm³/mol. The van der Waals surface area contributed by atoms with Gasteiger partial charge in [0.1, 0.15) is 5.75 Å². The number of aryl methyl sites for hydroxylation is 1. The highest BCUT2D eigenvalue weighted by atomic mass is 16.6. The Bertz CT molecular complexity index is 822. The molecule has 2 aromatic rings. The topological polar surface area (TPSA) is 111 Å². The van der Waals surface area contributed by atoms with E-state index in [1.54, 1.807) is 19.1 Å². The Morgan fingerprint density at radius 1 is 1.15 bits per heavy atom. The lowest BCUT2D eigenvalue weighted by atomic mass is 10.2. The summed E-state index contributed by atoms with van der Waals surface area (Å²) in [5.74, 6) is -0.628. The van der Waals surface area contributed by atoms with Gasteiger partial charge in [-0.1, -0.05) is 25.1 Å². The van der Waals surface area contributed by atoms with E-state index >= 15 is 0 Å². The number of rotatable bonds is 6. The van der Waals surface area contributed by atoms with Crippen LogP contribution in [-0.2, 0) is 4.79 Å². The van der Waals surface area contributed by atoms with Crippen LogP contribution < -0.4 is 15.6 Å². The molecule has 1 atom stereocenters. The average Bonchev–Trinajstić information content (AvgIpc) is 2.64. The molecule has 0 saturated heterocycles. The minimum atomic E-state index is -0.790. The van der Waals surface area contributed by atoms with Crippen LogP contribution in [0.25, 0.3) is 0 Å². The van der Waals surface area contributed by atoms with E-state index < -0.39 is 22.8 Å². The number of carbonyl (C=O) groups is 2. The van der Waals surface area contributed by atoms with Crippen LogP contribution in [-0.4, -0.2) is 22.8 Å². The zero-order valence-electron chi connectivity index (χ0n) is 14.4. The largest absolute Gasteiger partial charge is 0.481 e. The molecule has 0 aliphatic carbocycles. The standard InChI is InChI=1S/C18H19N3O5/c1-3-16(26-15-9-4-6-12(2)10-15)18(23)20-19-17(22)13-7-5-8-14(11-13)21(24)25/h4-11,16H,3H2,1-2H3,(H,19,22)(H,20,23). The smallest absolute Gasteiger partial charge is 0.279 e. The number of carbonyl (C=O) groups excluding carboxylic acids is 2. The van der Waals surface area contributed by atoms with Crippen LogP contribution in [0.15, 0.2) is 48.5 Å². The minimum Gasteiger partial charge on any atom is -0.481 e. The molecule has 0 fully saturated rings. The maximum absolute atomic E-state index is 12.2. The molecule has 0 aliphatic rings. The number of nitro groups is 1. The molecular weight excluding hydrogens is 338 g/mol. The molecule has 0 aliphatic heterocycles. The molecule has 0 bridgehead atoms. The van der Waals surface area contributed by atoms with Crippen LogP contribution in [0, 0.1) is 17.0 Å². The van der Waals surface area contributed by atoms with Gasteiger partial charge in [-0.15, -0.1) is 0 Å². The molecule has 0 aromatic heterocycles. The molecule has 8 heteroatoms. The van der Waals surface area contributed by atoms with Crippen LogP contribution in [0.2, 0.25) is 0 Å². The molecule has 26 heavy (non-hydrogen) atoms. The first-order chi connectivity index (χ1) is 12.4. The molecule has 2 amide bonds. The maximum atomic E-state index is 12.2. The van der Waals surface area contributed by atoms with Gasteiger partial charge in [0, 0.05) is 17.7 Å². The zero-order valence-corrected chi connectivity index (χ0v) is 14.4. The quantitative estimate of drug-likeness (QED) is 0.610. The second-order valence-corrected chi connectivity index (χ2v) is 5.58. The Kier molecular flexibility index (Phi) is 6.26. The number of nitrogens with one attached hydrogen (secondary N) is 2. The van der Waals surface area contributed by atoms with Gasteiger partial charge in [0.2, 0.25) is 0 Å². The summed E-state index contributed by atoms with van der Waals surface area (Å²) < 4.78 is 5.64. The third-order valence-electron chi connectivity index (χ3n) is 3.55. The molecule has 0 radical (unpaired) electrons. The fourth-order valence-electron chi connectivity index (χ4n) is 2.21. The number of hydrogen-bond acceptors (Lipinski definition) is 5. The predicted octanol–water partition coefficient (Wildman–Crippen LogP) is 2.52. The summed E-state index contributed by atoms with van der Waals surface area (Å²) in [6, 6.07) is 12.5. The zero-order chi connectivity index (χ0) is 19.1. The Labute approximate surface area is 150 Å². The van der Waals surface area contributed by atoms with Crippen LogP contribution in [0.5, 0.6) is 5.75 Å². The SMILES string of the molecule is CCC(Oc1cccc(C)c1)C(=O)NNC(=O)c1cccc([N+](=O)[O-])c1. The number of amides is 2. The molecule has 8 nitrogen and oxygen atoms in total.